The molecule has 8 N–H and O–H groups in total. The molecule has 0 saturated carbocycles. The lowest BCUT2D eigenvalue weighted by molar-refractivity contribution is 0.00578. The van der Waals surface area contributed by atoms with E-state index in [0.717, 1.165) is 56.0 Å². The van der Waals surface area contributed by atoms with Crippen LogP contribution in [0.1, 0.15) is 69.9 Å². The number of carboxylic acids is 1. The van der Waals surface area contributed by atoms with Crippen molar-refractivity contribution in [3.63, 3.8) is 0 Å². The van der Waals surface area contributed by atoms with Crippen LogP contribution in [0.25, 0.3) is 22.3 Å². The quantitative estimate of drug-likeness (QED) is 0.0650. The van der Waals surface area contributed by atoms with Gasteiger partial charge in [-0.2, -0.15) is 0 Å². The molecule has 1 fully saturated rings. The van der Waals surface area contributed by atoms with E-state index < -0.39 is 24.9 Å². The normalized spacial score (nSPS) is 13.1. The summed E-state index contributed by atoms with van der Waals surface area (Å²) in [6.07, 6.45) is 0. The fourth-order valence-corrected chi connectivity index (χ4v) is 7.62. The summed E-state index contributed by atoms with van der Waals surface area (Å²) in [6, 6.07) is 48.9. The number of nitrogens with two attached hydrogens (primary N) is 2. The number of hydrogen-bond donors (Lipinski definition) is 6. The van der Waals surface area contributed by atoms with E-state index in [1.54, 1.807) is 72.8 Å². The summed E-state index contributed by atoms with van der Waals surface area (Å²) in [7, 11) is -0.399. The third-order valence-electron chi connectivity index (χ3n) is 12.6. The average Bonchev–Trinajstić information content (AvgIpc) is 3.60. The largest absolute Gasteiger partial charge is 0.494 e. The fourth-order valence-electron chi connectivity index (χ4n) is 7.62. The van der Waals surface area contributed by atoms with E-state index in [-0.39, 0.29) is 34.2 Å². The Hall–Kier alpha value is -8.66. The summed E-state index contributed by atoms with van der Waals surface area (Å²) in [6.45, 7) is 12.2. The van der Waals surface area contributed by atoms with Gasteiger partial charge < -0.3 is 41.8 Å². The molecule has 376 valence electrons. The van der Waals surface area contributed by atoms with Crippen molar-refractivity contribution in [3.05, 3.63) is 221 Å². The van der Waals surface area contributed by atoms with Crippen molar-refractivity contribution in [2.45, 2.75) is 52.7 Å². The molecule has 0 atom stereocenters. The Morgan fingerprint density at radius 2 is 0.838 bits per heavy atom. The third kappa shape index (κ3) is 13.4. The maximum absolute atomic E-state index is 13.1. The molecule has 8 aromatic rings. The molecule has 0 aliphatic carbocycles. The van der Waals surface area contributed by atoms with Crippen LogP contribution in [0.2, 0.25) is 0 Å². The number of halogens is 3. The maximum Gasteiger partial charge on any atom is 0.494 e. The van der Waals surface area contributed by atoms with Crippen LogP contribution in [0.15, 0.2) is 176 Å². The zero-order valence-electron chi connectivity index (χ0n) is 41.6. The van der Waals surface area contributed by atoms with Crippen LogP contribution in [0.4, 0.5) is 47.3 Å². The number of amides is 2. The average molecular weight is 998 g/mol. The van der Waals surface area contributed by atoms with E-state index in [1.807, 2.05) is 90.1 Å². The molecule has 0 aromatic heterocycles. The Labute approximate surface area is 428 Å². The summed E-state index contributed by atoms with van der Waals surface area (Å²) in [5.41, 5.74) is 21.7. The molecule has 15 heteroatoms. The molecule has 0 spiro atoms. The second-order valence-corrected chi connectivity index (χ2v) is 18.5. The molecule has 1 heterocycles. The molecule has 8 aromatic carbocycles. The molecule has 9 rings (SSSR count). The molecule has 1 saturated heterocycles. The number of rotatable bonds is 12. The molecule has 74 heavy (non-hydrogen) atoms. The second-order valence-electron chi connectivity index (χ2n) is 18.5. The SMILES string of the molecule is Cc1ccc(-c2cccc(C(N)=O)c2)cc1Nc1ccc(F)cc1.Cc1ccc(B2OC(C)(C)C(C)(C)O2)cc1Nc1ccc(F)cc1.NC(=O)c1cccc(-c2ccc(C(=O)O)c(Nc3ccc(F)cc3)c2)c1. The predicted molar refractivity (Wildman–Crippen MR) is 288 cm³/mol. The highest BCUT2D eigenvalue weighted by atomic mass is 19.1. The van der Waals surface area contributed by atoms with Crippen molar-refractivity contribution < 1.29 is 42.0 Å². The zero-order valence-corrected chi connectivity index (χ0v) is 41.6. The highest BCUT2D eigenvalue weighted by molar-refractivity contribution is 6.62. The van der Waals surface area contributed by atoms with Gasteiger partial charge in [-0.05, 0) is 202 Å². The molecule has 0 unspecified atom stereocenters. The van der Waals surface area contributed by atoms with Gasteiger partial charge in [-0.25, -0.2) is 18.0 Å². The van der Waals surface area contributed by atoms with Crippen LogP contribution in [0, 0.1) is 31.3 Å². The highest BCUT2D eigenvalue weighted by Gasteiger charge is 2.51. The van der Waals surface area contributed by atoms with Crippen LogP contribution >= 0.6 is 0 Å². The molecule has 0 radical (unpaired) electrons. The van der Waals surface area contributed by atoms with Crippen LogP contribution in [0.5, 0.6) is 0 Å². The van der Waals surface area contributed by atoms with Crippen molar-refractivity contribution >= 4 is 64.5 Å². The molecule has 0 bridgehead atoms. The summed E-state index contributed by atoms with van der Waals surface area (Å²) in [4.78, 5) is 34.2. The summed E-state index contributed by atoms with van der Waals surface area (Å²) in [5.74, 6) is -2.98. The van der Waals surface area contributed by atoms with Crippen molar-refractivity contribution in [3.8, 4) is 22.3 Å². The first-order valence-electron chi connectivity index (χ1n) is 23.5. The highest BCUT2D eigenvalue weighted by Crippen LogP contribution is 2.37. The molecule has 11 nitrogen and oxygen atoms in total. The predicted octanol–water partition coefficient (Wildman–Crippen LogP) is 12.9. The lowest BCUT2D eigenvalue weighted by Gasteiger charge is -2.32. The van der Waals surface area contributed by atoms with Gasteiger partial charge in [0.15, 0.2) is 0 Å². The minimum absolute atomic E-state index is 0.0733. The monoisotopic (exact) mass is 997 g/mol. The number of anilines is 6. The van der Waals surface area contributed by atoms with Gasteiger partial charge in [0.05, 0.1) is 22.5 Å². The minimum Gasteiger partial charge on any atom is -0.478 e. The third-order valence-corrected chi connectivity index (χ3v) is 12.6. The number of carbonyl (C=O) groups excluding carboxylic acids is 2. The summed E-state index contributed by atoms with van der Waals surface area (Å²) in [5, 5.41) is 19.0. The first-order valence-corrected chi connectivity index (χ1v) is 23.5. The van der Waals surface area contributed by atoms with Crippen molar-refractivity contribution in [1.29, 1.82) is 0 Å². The Kier molecular flexibility index (Phi) is 16.4. The van der Waals surface area contributed by atoms with E-state index in [1.165, 1.54) is 54.6 Å². The Morgan fingerprint density at radius 1 is 0.473 bits per heavy atom. The first kappa shape index (κ1) is 53.2. The van der Waals surface area contributed by atoms with Crippen LogP contribution in [-0.4, -0.2) is 41.2 Å². The van der Waals surface area contributed by atoms with Gasteiger partial charge in [0.1, 0.15) is 17.5 Å². The number of aryl methyl sites for hydroxylation is 2. The van der Waals surface area contributed by atoms with E-state index in [0.29, 0.717) is 28.1 Å². The fraction of sp³-hybridized carbons (Fsp3) is 0.136. The summed E-state index contributed by atoms with van der Waals surface area (Å²) >= 11 is 0. The van der Waals surface area contributed by atoms with Gasteiger partial charge in [0.25, 0.3) is 0 Å². The van der Waals surface area contributed by atoms with E-state index in [4.69, 9.17) is 20.8 Å². The van der Waals surface area contributed by atoms with Crippen LogP contribution < -0.4 is 32.9 Å². The van der Waals surface area contributed by atoms with Crippen LogP contribution in [-0.2, 0) is 9.31 Å². The van der Waals surface area contributed by atoms with Crippen molar-refractivity contribution in [1.82, 2.24) is 0 Å². The number of hydrogen-bond acceptors (Lipinski definition) is 8. The second kappa shape index (κ2) is 22.8. The smallest absolute Gasteiger partial charge is 0.478 e. The summed E-state index contributed by atoms with van der Waals surface area (Å²) < 4.78 is 51.4. The number of carboxylic acid groups (broad SMARTS) is 1. The minimum atomic E-state index is -1.09. The molecule has 1 aliphatic heterocycles. The lowest BCUT2D eigenvalue weighted by Crippen LogP contribution is -2.41. The Bertz CT molecular complexity index is 3300. The standard InChI is InChI=1S/C20H15FN2O3.C20H17FN2O.C19H23BFNO2/c21-15-5-7-16(8-6-15)23-18-11-13(4-9-17(18)20(25)26)12-2-1-3-14(10-12)19(22)24;1-13-5-6-15(14-3-2-4-16(11-14)20(22)24)12-19(13)23-18-9-7-17(21)8-10-18;1-13-6-7-14(20-23-18(2,3)19(4,5)24-20)12-17(13)22-16-10-8-15(21)9-11-16/h1-11,23H,(H2,22,24)(H,25,26);2-12,23H,1H3,(H2,22,24);6-12,22H,1-5H3. The van der Waals surface area contributed by atoms with Gasteiger partial charge in [-0.15, -0.1) is 0 Å². The van der Waals surface area contributed by atoms with Gasteiger partial charge in [0.2, 0.25) is 11.8 Å². The number of primary amides is 2. The van der Waals surface area contributed by atoms with E-state index in [9.17, 15) is 32.7 Å². The molecule has 1 aliphatic rings. The topological polar surface area (TPSA) is 178 Å². The number of aromatic carboxylic acids is 1. The lowest BCUT2D eigenvalue weighted by atomic mass is 9.78. The van der Waals surface area contributed by atoms with Gasteiger partial charge in [0, 0.05) is 39.6 Å². The number of benzene rings is 8. The molecular weight excluding hydrogens is 942 g/mol. The molecular formula is C59H55BF3N5O6. The number of nitrogens with one attached hydrogen (secondary N) is 3. The van der Waals surface area contributed by atoms with Crippen molar-refractivity contribution in [2.24, 2.45) is 11.5 Å². The zero-order chi connectivity index (χ0) is 53.3. The van der Waals surface area contributed by atoms with Gasteiger partial charge in [-0.3, -0.25) is 9.59 Å². The maximum atomic E-state index is 13.1. The van der Waals surface area contributed by atoms with E-state index >= 15 is 0 Å². The molecule has 2 amide bonds. The Balaban J connectivity index is 0.000000162. The Morgan fingerprint density at radius 3 is 1.26 bits per heavy atom. The van der Waals surface area contributed by atoms with Crippen LogP contribution in [0.3, 0.4) is 0 Å². The first-order chi connectivity index (χ1) is 35.1. The van der Waals surface area contributed by atoms with Gasteiger partial charge >= 0.3 is 13.1 Å². The van der Waals surface area contributed by atoms with E-state index in [2.05, 4.69) is 16.0 Å². The van der Waals surface area contributed by atoms with Crippen molar-refractivity contribution in [2.75, 3.05) is 16.0 Å². The van der Waals surface area contributed by atoms with Gasteiger partial charge in [-0.1, -0.05) is 54.6 Å². The number of carbonyl (C=O) groups is 3.